The first-order valence-electron chi connectivity index (χ1n) is 7.15. The molecule has 2 aromatic heterocycles. The number of anilines is 1. The van der Waals surface area contributed by atoms with Gasteiger partial charge in [-0.15, -0.1) is 0 Å². The van der Waals surface area contributed by atoms with Crippen molar-refractivity contribution >= 4 is 23.2 Å². The summed E-state index contributed by atoms with van der Waals surface area (Å²) in [6.07, 6.45) is 9.82. The summed E-state index contributed by atoms with van der Waals surface area (Å²) < 4.78 is 0. The summed E-state index contributed by atoms with van der Waals surface area (Å²) >= 11 is 6.20. The molecule has 1 saturated heterocycles. The van der Waals surface area contributed by atoms with Crippen LogP contribution in [0.15, 0.2) is 37.1 Å². The number of carbonyl (C=O) groups is 1. The van der Waals surface area contributed by atoms with Gasteiger partial charge in [-0.1, -0.05) is 11.6 Å². The molecule has 1 fully saturated rings. The molecule has 0 spiro atoms. The molecule has 0 aromatic carbocycles. The monoisotopic (exact) mass is 317 g/mol. The van der Waals surface area contributed by atoms with Crippen molar-refractivity contribution in [2.24, 2.45) is 0 Å². The molecule has 1 amide bonds. The first-order valence-corrected chi connectivity index (χ1v) is 7.53. The van der Waals surface area contributed by atoms with Crippen molar-refractivity contribution in [3.05, 3.63) is 47.8 Å². The second-order valence-corrected chi connectivity index (χ2v) is 5.58. The van der Waals surface area contributed by atoms with E-state index in [9.17, 15) is 4.79 Å². The Morgan fingerprint density at radius 3 is 2.91 bits per heavy atom. The third-order valence-corrected chi connectivity index (χ3v) is 3.94. The Balaban J connectivity index is 1.66. The Kier molecular flexibility index (Phi) is 4.48. The van der Waals surface area contributed by atoms with Crippen molar-refractivity contribution in [2.75, 3.05) is 18.0 Å². The zero-order valence-electron chi connectivity index (χ0n) is 11.9. The zero-order valence-corrected chi connectivity index (χ0v) is 12.7. The molecule has 6 nitrogen and oxygen atoms in total. The number of aromatic nitrogens is 3. The lowest BCUT2D eigenvalue weighted by Gasteiger charge is -2.35. The maximum Gasteiger partial charge on any atom is 0.271 e. The third-order valence-electron chi connectivity index (χ3n) is 3.64. The molecule has 114 valence electrons. The number of nitrogens with zero attached hydrogens (tertiary/aromatic N) is 4. The highest BCUT2D eigenvalue weighted by atomic mass is 35.5. The molecular formula is C15H16ClN5O. The molecule has 3 heterocycles. The summed E-state index contributed by atoms with van der Waals surface area (Å²) in [5.74, 6) is -0.194. The van der Waals surface area contributed by atoms with Gasteiger partial charge in [0.1, 0.15) is 5.69 Å². The van der Waals surface area contributed by atoms with Crippen molar-refractivity contribution in [1.29, 1.82) is 0 Å². The van der Waals surface area contributed by atoms with Crippen LogP contribution in [0, 0.1) is 0 Å². The molecule has 3 rings (SSSR count). The van der Waals surface area contributed by atoms with Gasteiger partial charge in [0.2, 0.25) is 0 Å². The molecule has 1 unspecified atom stereocenters. The van der Waals surface area contributed by atoms with Gasteiger partial charge in [0, 0.05) is 43.9 Å². The van der Waals surface area contributed by atoms with Gasteiger partial charge in [0.15, 0.2) is 0 Å². The van der Waals surface area contributed by atoms with Crippen LogP contribution in [0.3, 0.4) is 0 Å². The lowest BCUT2D eigenvalue weighted by Crippen LogP contribution is -2.48. The van der Waals surface area contributed by atoms with Gasteiger partial charge in [-0.25, -0.2) is 4.98 Å². The summed E-state index contributed by atoms with van der Waals surface area (Å²) in [5.41, 5.74) is 1.29. The second-order valence-electron chi connectivity index (χ2n) is 5.18. The SMILES string of the molecule is O=C(NC1CCCN(c2ccncc2Cl)C1)c1cnccn1. The molecule has 0 saturated carbocycles. The minimum atomic E-state index is -0.194. The van der Waals surface area contributed by atoms with Gasteiger partial charge in [0.25, 0.3) is 5.91 Å². The van der Waals surface area contributed by atoms with Crippen molar-refractivity contribution in [3.63, 3.8) is 0 Å². The minimum absolute atomic E-state index is 0.0625. The van der Waals surface area contributed by atoms with Gasteiger partial charge < -0.3 is 10.2 Å². The Morgan fingerprint density at radius 1 is 1.27 bits per heavy atom. The van der Waals surface area contributed by atoms with E-state index in [1.807, 2.05) is 6.07 Å². The fourth-order valence-electron chi connectivity index (χ4n) is 2.61. The number of hydrogen-bond donors (Lipinski definition) is 1. The van der Waals surface area contributed by atoms with Gasteiger partial charge in [-0.05, 0) is 18.9 Å². The van der Waals surface area contributed by atoms with Crippen LogP contribution in [0.25, 0.3) is 0 Å². The van der Waals surface area contributed by atoms with E-state index in [0.717, 1.165) is 31.6 Å². The molecule has 0 bridgehead atoms. The molecule has 1 atom stereocenters. The predicted octanol–water partition coefficient (Wildman–Crippen LogP) is 1.92. The Morgan fingerprint density at radius 2 is 2.14 bits per heavy atom. The maximum atomic E-state index is 12.2. The van der Waals surface area contributed by atoms with Gasteiger partial charge in [0.05, 0.1) is 16.9 Å². The number of hydrogen-bond acceptors (Lipinski definition) is 5. The zero-order chi connectivity index (χ0) is 15.4. The van der Waals surface area contributed by atoms with E-state index < -0.39 is 0 Å². The van der Waals surface area contributed by atoms with Crippen molar-refractivity contribution in [3.8, 4) is 0 Å². The summed E-state index contributed by atoms with van der Waals surface area (Å²) in [6, 6.07) is 1.96. The van der Waals surface area contributed by atoms with E-state index in [1.165, 1.54) is 12.4 Å². The lowest BCUT2D eigenvalue weighted by molar-refractivity contribution is 0.0927. The summed E-state index contributed by atoms with van der Waals surface area (Å²) in [5, 5.41) is 3.64. The Hall–Kier alpha value is -2.21. The Labute approximate surface area is 133 Å². The fourth-order valence-corrected chi connectivity index (χ4v) is 2.85. The van der Waals surface area contributed by atoms with E-state index in [1.54, 1.807) is 18.6 Å². The Bertz CT molecular complexity index is 651. The van der Waals surface area contributed by atoms with E-state index >= 15 is 0 Å². The van der Waals surface area contributed by atoms with E-state index in [4.69, 9.17) is 11.6 Å². The van der Waals surface area contributed by atoms with Gasteiger partial charge in [-0.3, -0.25) is 14.8 Å². The highest BCUT2D eigenvalue weighted by molar-refractivity contribution is 6.33. The highest BCUT2D eigenvalue weighted by Gasteiger charge is 2.23. The number of piperidine rings is 1. The molecule has 2 aromatic rings. The molecule has 7 heteroatoms. The second kappa shape index (κ2) is 6.70. The molecule has 22 heavy (non-hydrogen) atoms. The largest absolute Gasteiger partial charge is 0.368 e. The van der Waals surface area contributed by atoms with Crippen LogP contribution in [-0.2, 0) is 0 Å². The smallest absolute Gasteiger partial charge is 0.271 e. The molecule has 1 aliphatic heterocycles. The molecule has 1 N–H and O–H groups in total. The molecule has 0 radical (unpaired) electrons. The number of pyridine rings is 1. The number of rotatable bonds is 3. The van der Waals surface area contributed by atoms with Crippen molar-refractivity contribution in [1.82, 2.24) is 20.3 Å². The highest BCUT2D eigenvalue weighted by Crippen LogP contribution is 2.27. The fraction of sp³-hybridized carbons (Fsp3) is 0.333. The topological polar surface area (TPSA) is 71.0 Å². The number of halogens is 1. The van der Waals surface area contributed by atoms with Gasteiger partial charge in [-0.2, -0.15) is 0 Å². The first-order chi connectivity index (χ1) is 10.7. The van der Waals surface area contributed by atoms with Crippen LogP contribution >= 0.6 is 11.6 Å². The van der Waals surface area contributed by atoms with E-state index in [2.05, 4.69) is 25.2 Å². The molecular weight excluding hydrogens is 302 g/mol. The van der Waals surface area contributed by atoms with E-state index in [0.29, 0.717) is 10.7 Å². The van der Waals surface area contributed by atoms with Crippen LogP contribution < -0.4 is 10.2 Å². The number of nitrogens with one attached hydrogen (secondary N) is 1. The first kappa shape index (κ1) is 14.7. The third kappa shape index (κ3) is 3.33. The van der Waals surface area contributed by atoms with Crippen LogP contribution in [0.2, 0.25) is 5.02 Å². The normalized spacial score (nSPS) is 18.0. The quantitative estimate of drug-likeness (QED) is 0.936. The minimum Gasteiger partial charge on any atom is -0.368 e. The predicted molar refractivity (Wildman–Crippen MR) is 84.0 cm³/mol. The molecule has 1 aliphatic rings. The summed E-state index contributed by atoms with van der Waals surface area (Å²) in [6.45, 7) is 1.64. The number of amides is 1. The van der Waals surface area contributed by atoms with E-state index in [-0.39, 0.29) is 11.9 Å². The average Bonchev–Trinajstić information content (AvgIpc) is 2.56. The van der Waals surface area contributed by atoms with Crippen LogP contribution in [0.5, 0.6) is 0 Å². The average molecular weight is 318 g/mol. The standard InChI is InChI=1S/C15H16ClN5O/c16-12-8-17-4-3-14(12)21-7-1-2-11(10-21)20-15(22)13-9-18-5-6-19-13/h3-6,8-9,11H,1-2,7,10H2,(H,20,22). The van der Waals surface area contributed by atoms with Gasteiger partial charge >= 0.3 is 0 Å². The summed E-state index contributed by atoms with van der Waals surface area (Å²) in [4.78, 5) is 26.3. The lowest BCUT2D eigenvalue weighted by atomic mass is 10.0. The van der Waals surface area contributed by atoms with Crippen molar-refractivity contribution < 1.29 is 4.79 Å². The van der Waals surface area contributed by atoms with Crippen molar-refractivity contribution in [2.45, 2.75) is 18.9 Å². The molecule has 0 aliphatic carbocycles. The summed E-state index contributed by atoms with van der Waals surface area (Å²) in [7, 11) is 0. The van der Waals surface area contributed by atoms with Crippen LogP contribution in [0.1, 0.15) is 23.3 Å². The maximum absolute atomic E-state index is 12.2. The number of carbonyl (C=O) groups excluding carboxylic acids is 1. The van der Waals surface area contributed by atoms with Crippen LogP contribution in [-0.4, -0.2) is 40.0 Å². The van der Waals surface area contributed by atoms with Crippen LogP contribution in [0.4, 0.5) is 5.69 Å².